The monoisotopic (exact) mass is 437 g/mol. The number of hydrogen-bond donors (Lipinski definition) is 4. The maximum absolute atomic E-state index is 10.2. The van der Waals surface area contributed by atoms with Gasteiger partial charge in [-0.05, 0) is 44.4 Å². The number of rotatable bonds is 5. The van der Waals surface area contributed by atoms with Crippen molar-refractivity contribution >= 4 is 28.5 Å². The second-order valence-electron chi connectivity index (χ2n) is 9.33. The van der Waals surface area contributed by atoms with Gasteiger partial charge in [-0.1, -0.05) is 30.9 Å². The van der Waals surface area contributed by atoms with Crippen LogP contribution in [-0.4, -0.2) is 53.7 Å². The minimum Gasteiger partial charge on any atom is -0.425 e. The van der Waals surface area contributed by atoms with Gasteiger partial charge in [-0.25, -0.2) is 4.98 Å². The minimum absolute atomic E-state index is 0.0195. The highest BCUT2D eigenvalue weighted by atomic mass is 16.5. The lowest BCUT2D eigenvalue weighted by molar-refractivity contribution is 0.160. The molecule has 2 unspecified atom stereocenters. The molecule has 0 spiro atoms. The number of aromatic nitrogens is 1. The fourth-order valence-electron chi connectivity index (χ4n) is 5.10. The molecule has 7 nitrogen and oxygen atoms in total. The summed E-state index contributed by atoms with van der Waals surface area (Å²) in [7, 11) is 0. The van der Waals surface area contributed by atoms with Crippen LogP contribution < -0.4 is 10.2 Å². The number of fused-ring (bicyclic) bond motifs is 1. The van der Waals surface area contributed by atoms with Crippen molar-refractivity contribution in [2.24, 2.45) is 5.92 Å². The van der Waals surface area contributed by atoms with E-state index in [1.807, 2.05) is 25.1 Å². The first-order chi connectivity index (χ1) is 15.4. The highest BCUT2D eigenvalue weighted by molar-refractivity contribution is 6.04. The average molecular weight is 438 g/mol. The second-order valence-corrected chi connectivity index (χ2v) is 9.33. The molecule has 32 heavy (non-hydrogen) atoms. The molecule has 2 aliphatic rings. The van der Waals surface area contributed by atoms with Gasteiger partial charge in [0.1, 0.15) is 5.82 Å². The van der Waals surface area contributed by atoms with Crippen LogP contribution in [0, 0.1) is 23.7 Å². The van der Waals surface area contributed by atoms with Gasteiger partial charge in [0, 0.05) is 50.0 Å². The number of aliphatic hydroxyl groups excluding tert-OH is 1. The number of aryl methyl sites for hydroxylation is 1. The summed E-state index contributed by atoms with van der Waals surface area (Å²) in [4.78, 5) is 7.08. The Bertz CT molecular complexity index is 986. The lowest BCUT2D eigenvalue weighted by Crippen LogP contribution is -2.54. The number of benzene rings is 1. The Hall–Kier alpha value is -2.51. The third-order valence-electron chi connectivity index (χ3n) is 6.77. The first-order valence-corrected chi connectivity index (χ1v) is 11.8. The molecule has 2 aromatic rings. The summed E-state index contributed by atoms with van der Waals surface area (Å²) in [6.07, 6.45) is 7.29. The summed E-state index contributed by atoms with van der Waals surface area (Å²) in [5.74, 6) is 0.719. The van der Waals surface area contributed by atoms with Gasteiger partial charge in [-0.3, -0.25) is 10.8 Å². The van der Waals surface area contributed by atoms with Crippen molar-refractivity contribution in [1.82, 2.24) is 10.3 Å². The number of pyridine rings is 1. The molecule has 2 heterocycles. The molecule has 2 atom stereocenters. The Morgan fingerprint density at radius 2 is 1.97 bits per heavy atom. The van der Waals surface area contributed by atoms with E-state index in [2.05, 4.69) is 16.3 Å². The fourth-order valence-corrected chi connectivity index (χ4v) is 5.10. The number of ether oxygens (including phenoxy) is 1. The van der Waals surface area contributed by atoms with Crippen molar-refractivity contribution in [3.8, 4) is 0 Å². The number of nitrogens with zero attached hydrogens (tertiary/aromatic N) is 2. The first-order valence-electron chi connectivity index (χ1n) is 11.8. The van der Waals surface area contributed by atoms with Crippen LogP contribution in [0.25, 0.3) is 10.9 Å². The molecule has 4 N–H and O–H groups in total. The van der Waals surface area contributed by atoms with Gasteiger partial charge >= 0.3 is 0 Å². The zero-order valence-electron chi connectivity index (χ0n) is 19.2. The molecular weight excluding hydrogens is 402 g/mol. The first kappa shape index (κ1) is 22.7. The Morgan fingerprint density at radius 3 is 2.69 bits per heavy atom. The normalized spacial score (nSPS) is 22.2. The molecule has 1 saturated carbocycles. The van der Waals surface area contributed by atoms with Crippen molar-refractivity contribution < 1.29 is 9.84 Å². The minimum atomic E-state index is -0.0635. The lowest BCUT2D eigenvalue weighted by Gasteiger charge is -2.41. The van der Waals surface area contributed by atoms with Gasteiger partial charge in [0.05, 0.1) is 11.1 Å². The molecule has 1 saturated heterocycles. The SMILES string of the molecule is CC(=N)OC(=N)c1cc2cc(C)ccc2nc1N1CCC(NC2CCCCC2)C(CO)C1. The highest BCUT2D eigenvalue weighted by Crippen LogP contribution is 2.30. The third-order valence-corrected chi connectivity index (χ3v) is 6.77. The smallest absolute Gasteiger partial charge is 0.224 e. The summed E-state index contributed by atoms with van der Waals surface area (Å²) in [5.41, 5.74) is 2.59. The molecule has 1 aromatic heterocycles. The Kier molecular flexibility index (Phi) is 7.06. The Morgan fingerprint density at radius 1 is 1.19 bits per heavy atom. The Labute approximate surface area is 190 Å². The van der Waals surface area contributed by atoms with Crippen LogP contribution in [0.1, 0.15) is 56.6 Å². The highest BCUT2D eigenvalue weighted by Gasteiger charge is 2.32. The van der Waals surface area contributed by atoms with Gasteiger partial charge < -0.3 is 20.1 Å². The van der Waals surface area contributed by atoms with E-state index in [1.165, 1.54) is 39.0 Å². The Balaban J connectivity index is 1.60. The quantitative estimate of drug-likeness (QED) is 0.418. The molecule has 0 amide bonds. The van der Waals surface area contributed by atoms with E-state index in [0.717, 1.165) is 29.4 Å². The van der Waals surface area contributed by atoms with Crippen LogP contribution in [0.5, 0.6) is 0 Å². The summed E-state index contributed by atoms with van der Waals surface area (Å²) in [6, 6.07) is 8.90. The molecule has 1 aliphatic carbocycles. The van der Waals surface area contributed by atoms with Crippen molar-refractivity contribution in [3.63, 3.8) is 0 Å². The number of aliphatic hydroxyl groups is 1. The van der Waals surface area contributed by atoms with E-state index < -0.39 is 0 Å². The number of nitrogens with one attached hydrogen (secondary N) is 3. The molecule has 0 bridgehead atoms. The molecule has 1 aromatic carbocycles. The number of anilines is 1. The van der Waals surface area contributed by atoms with Crippen LogP contribution in [0.2, 0.25) is 0 Å². The van der Waals surface area contributed by atoms with Crippen LogP contribution in [0.3, 0.4) is 0 Å². The van der Waals surface area contributed by atoms with E-state index in [1.54, 1.807) is 0 Å². The van der Waals surface area contributed by atoms with Gasteiger partial charge in [0.25, 0.3) is 0 Å². The van der Waals surface area contributed by atoms with Crippen molar-refractivity contribution in [3.05, 3.63) is 35.4 Å². The summed E-state index contributed by atoms with van der Waals surface area (Å²) in [6.45, 7) is 5.16. The molecule has 7 heteroatoms. The standard InChI is InChI=1S/C25H35N5O2/c1-16-8-9-22-18(12-16)13-21(24(27)32-17(2)26)25(29-22)30-11-10-23(19(14-30)15-31)28-20-6-4-3-5-7-20/h8-9,12-13,19-20,23,26-28,31H,3-7,10-11,14-15H2,1-2H3. The maximum Gasteiger partial charge on any atom is 0.224 e. The van der Waals surface area contributed by atoms with Crippen LogP contribution in [0.4, 0.5) is 5.82 Å². The zero-order valence-corrected chi connectivity index (χ0v) is 19.2. The summed E-state index contributed by atoms with van der Waals surface area (Å²) >= 11 is 0. The predicted molar refractivity (Wildman–Crippen MR) is 129 cm³/mol. The van der Waals surface area contributed by atoms with E-state index in [4.69, 9.17) is 20.5 Å². The van der Waals surface area contributed by atoms with Crippen molar-refractivity contribution in [2.45, 2.75) is 64.5 Å². The van der Waals surface area contributed by atoms with E-state index >= 15 is 0 Å². The second kappa shape index (κ2) is 9.96. The van der Waals surface area contributed by atoms with Crippen LogP contribution in [-0.2, 0) is 4.74 Å². The van der Waals surface area contributed by atoms with Gasteiger partial charge in [0.15, 0.2) is 5.90 Å². The third kappa shape index (κ3) is 5.10. The zero-order chi connectivity index (χ0) is 22.7. The van der Waals surface area contributed by atoms with Crippen LogP contribution in [0.15, 0.2) is 24.3 Å². The predicted octanol–water partition coefficient (Wildman–Crippen LogP) is 3.99. The van der Waals surface area contributed by atoms with E-state index in [9.17, 15) is 5.11 Å². The topological polar surface area (TPSA) is 105 Å². The van der Waals surface area contributed by atoms with Gasteiger partial charge in [-0.15, -0.1) is 0 Å². The average Bonchev–Trinajstić information content (AvgIpc) is 2.78. The molecule has 0 radical (unpaired) electrons. The number of hydrogen-bond acceptors (Lipinski definition) is 7. The fraction of sp³-hybridized carbons (Fsp3) is 0.560. The van der Waals surface area contributed by atoms with Crippen molar-refractivity contribution in [2.75, 3.05) is 24.6 Å². The molecule has 172 valence electrons. The summed E-state index contributed by atoms with van der Waals surface area (Å²) < 4.78 is 5.36. The van der Waals surface area contributed by atoms with Gasteiger partial charge in [0.2, 0.25) is 5.90 Å². The molecule has 4 rings (SSSR count). The number of piperidine rings is 1. The van der Waals surface area contributed by atoms with E-state index in [0.29, 0.717) is 30.0 Å². The largest absolute Gasteiger partial charge is 0.425 e. The van der Waals surface area contributed by atoms with Gasteiger partial charge in [-0.2, -0.15) is 0 Å². The van der Waals surface area contributed by atoms with Crippen LogP contribution >= 0.6 is 0 Å². The lowest BCUT2D eigenvalue weighted by atomic mass is 9.89. The maximum atomic E-state index is 10.2. The molecular formula is C25H35N5O2. The summed E-state index contributed by atoms with van der Waals surface area (Å²) in [5, 5.41) is 31.1. The molecule has 2 fully saturated rings. The molecule has 1 aliphatic heterocycles. The van der Waals surface area contributed by atoms with Crippen molar-refractivity contribution in [1.29, 1.82) is 10.8 Å². The van der Waals surface area contributed by atoms with E-state index in [-0.39, 0.29) is 24.3 Å².